The number of rotatable bonds is 1. The first-order valence-corrected chi connectivity index (χ1v) is 10.3. The van der Waals surface area contributed by atoms with Gasteiger partial charge in [-0.25, -0.2) is 4.79 Å². The molecule has 0 aromatic heterocycles. The molecule has 4 nitrogen and oxygen atoms in total. The largest absolute Gasteiger partial charge is 0.466 e. The predicted octanol–water partition coefficient (Wildman–Crippen LogP) is 4.01. The van der Waals surface area contributed by atoms with E-state index in [1.807, 2.05) is 0 Å². The number of allylic oxidation sites excluding steroid dienone is 2. The van der Waals surface area contributed by atoms with Crippen molar-refractivity contribution in [1.82, 2.24) is 0 Å². The number of ketones is 2. The van der Waals surface area contributed by atoms with Crippen LogP contribution in [-0.4, -0.2) is 30.0 Å². The van der Waals surface area contributed by atoms with E-state index in [1.54, 1.807) is 12.2 Å². The van der Waals surface area contributed by atoms with Gasteiger partial charge in [-0.15, -0.1) is 11.6 Å². The normalized spacial score (nSPS) is 45.0. The zero-order chi connectivity index (χ0) is 19.6. The Labute approximate surface area is 165 Å². The minimum atomic E-state index is -0.531. The fourth-order valence-corrected chi connectivity index (χ4v) is 7.08. The molecule has 5 heteroatoms. The molecular formula is C22H27ClO4. The van der Waals surface area contributed by atoms with E-state index in [9.17, 15) is 14.4 Å². The molecule has 0 spiro atoms. The first kappa shape index (κ1) is 18.9. The van der Waals surface area contributed by atoms with Crippen LogP contribution >= 0.6 is 11.6 Å². The Morgan fingerprint density at radius 2 is 1.96 bits per heavy atom. The summed E-state index contributed by atoms with van der Waals surface area (Å²) in [6, 6.07) is 0. The molecule has 1 unspecified atom stereocenters. The Hall–Kier alpha value is -1.42. The molecule has 0 heterocycles. The van der Waals surface area contributed by atoms with E-state index < -0.39 is 5.38 Å². The molecule has 0 bridgehead atoms. The molecule has 0 saturated heterocycles. The maximum Gasteiger partial charge on any atom is 0.330 e. The summed E-state index contributed by atoms with van der Waals surface area (Å²) in [5.41, 5.74) is 1.61. The summed E-state index contributed by atoms with van der Waals surface area (Å²) in [4.78, 5) is 37.3. The Bertz CT molecular complexity index is 781. The molecule has 0 aliphatic heterocycles. The highest BCUT2D eigenvalue weighted by Crippen LogP contribution is 2.65. The minimum Gasteiger partial charge on any atom is -0.466 e. The maximum absolute atomic E-state index is 13.4. The number of hydrogen-bond acceptors (Lipinski definition) is 4. The van der Waals surface area contributed by atoms with Gasteiger partial charge in [0.15, 0.2) is 5.78 Å². The lowest BCUT2D eigenvalue weighted by Gasteiger charge is -2.56. The number of hydrogen-bond donors (Lipinski definition) is 0. The number of ether oxygens (including phenoxy) is 1. The number of methoxy groups -OCH3 is 1. The first-order chi connectivity index (χ1) is 12.7. The SMILES string of the molecule is COC(=O)C=C1CC[C@H]2[C@@H]3CCC4=CC(=O)C(Cl)C[C@]4(C)[C@H]3C(=O)C[C@]12C. The second-order valence-electron chi connectivity index (χ2n) is 9.24. The highest BCUT2D eigenvalue weighted by Gasteiger charge is 2.61. The molecule has 0 radical (unpaired) electrons. The van der Waals surface area contributed by atoms with E-state index in [-0.39, 0.29) is 34.3 Å². The number of esters is 1. The Balaban J connectivity index is 1.72. The number of carbonyl (C=O) groups is 3. The molecule has 4 rings (SSSR count). The molecule has 0 amide bonds. The molecule has 3 fully saturated rings. The van der Waals surface area contributed by atoms with Crippen LogP contribution in [0.25, 0.3) is 0 Å². The number of carbonyl (C=O) groups excluding carboxylic acids is 3. The summed E-state index contributed by atoms with van der Waals surface area (Å²) in [5.74, 6) is 0.530. The van der Waals surface area contributed by atoms with Gasteiger partial charge in [0.1, 0.15) is 5.78 Å². The van der Waals surface area contributed by atoms with Gasteiger partial charge >= 0.3 is 5.97 Å². The summed E-state index contributed by atoms with van der Waals surface area (Å²) in [6.07, 6.45) is 8.00. The van der Waals surface area contributed by atoms with Crippen LogP contribution in [0.15, 0.2) is 23.3 Å². The molecule has 4 aliphatic carbocycles. The Kier molecular flexibility index (Phi) is 4.41. The van der Waals surface area contributed by atoms with Gasteiger partial charge in [0.25, 0.3) is 0 Å². The topological polar surface area (TPSA) is 60.4 Å². The van der Waals surface area contributed by atoms with E-state index in [0.717, 1.165) is 36.8 Å². The fraction of sp³-hybridized carbons (Fsp3) is 0.682. The quantitative estimate of drug-likeness (QED) is 0.385. The lowest BCUT2D eigenvalue weighted by Crippen LogP contribution is -2.55. The summed E-state index contributed by atoms with van der Waals surface area (Å²) >= 11 is 6.32. The lowest BCUT2D eigenvalue weighted by atomic mass is 9.47. The van der Waals surface area contributed by atoms with E-state index >= 15 is 0 Å². The van der Waals surface area contributed by atoms with Crippen molar-refractivity contribution in [3.05, 3.63) is 23.3 Å². The monoisotopic (exact) mass is 390 g/mol. The van der Waals surface area contributed by atoms with Crippen molar-refractivity contribution in [2.75, 3.05) is 7.11 Å². The third kappa shape index (κ3) is 2.66. The van der Waals surface area contributed by atoms with Crippen LogP contribution in [0.1, 0.15) is 52.4 Å². The maximum atomic E-state index is 13.4. The van der Waals surface area contributed by atoms with Crippen molar-refractivity contribution < 1.29 is 19.1 Å². The molecule has 146 valence electrons. The van der Waals surface area contributed by atoms with Crippen LogP contribution < -0.4 is 0 Å². The second-order valence-corrected chi connectivity index (χ2v) is 9.77. The van der Waals surface area contributed by atoms with Crippen molar-refractivity contribution in [1.29, 1.82) is 0 Å². The van der Waals surface area contributed by atoms with Crippen molar-refractivity contribution in [2.45, 2.75) is 57.7 Å². The Morgan fingerprint density at radius 3 is 2.67 bits per heavy atom. The number of fused-ring (bicyclic) bond motifs is 5. The molecular weight excluding hydrogens is 364 g/mol. The van der Waals surface area contributed by atoms with Crippen molar-refractivity contribution in [2.24, 2.45) is 28.6 Å². The third-order valence-corrected chi connectivity index (χ3v) is 8.37. The van der Waals surface area contributed by atoms with Crippen LogP contribution in [-0.2, 0) is 19.1 Å². The lowest BCUT2D eigenvalue weighted by molar-refractivity contribution is -0.143. The average Bonchev–Trinajstić information content (AvgIpc) is 2.91. The van der Waals surface area contributed by atoms with Crippen LogP contribution in [0.2, 0.25) is 0 Å². The summed E-state index contributed by atoms with van der Waals surface area (Å²) in [6.45, 7) is 4.29. The van der Waals surface area contributed by atoms with E-state index in [4.69, 9.17) is 16.3 Å². The third-order valence-electron chi connectivity index (χ3n) is 8.00. The standard InChI is InChI=1S/C22H27ClO4/c1-21-11-18(25)20-14(15(21)7-5-13(21)9-19(26)27-3)6-4-12-8-17(24)16(23)10-22(12,20)2/h8-9,14-16,20H,4-7,10-11H2,1-3H3/t14-,15-,16?,20+,21+,22-/m0/s1. The van der Waals surface area contributed by atoms with Crippen molar-refractivity contribution in [3.8, 4) is 0 Å². The van der Waals surface area contributed by atoms with Gasteiger partial charge < -0.3 is 4.74 Å². The number of alkyl halides is 1. The summed E-state index contributed by atoms with van der Waals surface area (Å²) in [5, 5.41) is -0.531. The zero-order valence-electron chi connectivity index (χ0n) is 16.2. The molecule has 6 atom stereocenters. The van der Waals surface area contributed by atoms with Crippen LogP contribution in [0.4, 0.5) is 0 Å². The molecule has 4 aliphatic rings. The summed E-state index contributed by atoms with van der Waals surface area (Å²) in [7, 11) is 1.39. The van der Waals surface area contributed by atoms with Crippen LogP contribution in [0, 0.1) is 28.6 Å². The highest BCUT2D eigenvalue weighted by atomic mass is 35.5. The van der Waals surface area contributed by atoms with Crippen molar-refractivity contribution in [3.63, 3.8) is 0 Å². The average molecular weight is 391 g/mol. The highest BCUT2D eigenvalue weighted by molar-refractivity contribution is 6.33. The van der Waals surface area contributed by atoms with Crippen LogP contribution in [0.5, 0.6) is 0 Å². The van der Waals surface area contributed by atoms with Crippen molar-refractivity contribution >= 4 is 29.1 Å². The molecule has 3 saturated carbocycles. The molecule has 27 heavy (non-hydrogen) atoms. The van der Waals surface area contributed by atoms with Gasteiger partial charge in [0, 0.05) is 23.8 Å². The smallest absolute Gasteiger partial charge is 0.330 e. The number of halogens is 1. The van der Waals surface area contributed by atoms with Gasteiger partial charge in [-0.1, -0.05) is 25.0 Å². The number of Topliss-reactive ketones (excluding diaryl/α,β-unsaturated/α-hetero) is 1. The van der Waals surface area contributed by atoms with Gasteiger partial charge in [0.2, 0.25) is 0 Å². The van der Waals surface area contributed by atoms with E-state index in [1.165, 1.54) is 7.11 Å². The minimum absolute atomic E-state index is 0.0140. The molecule has 0 aromatic rings. The van der Waals surface area contributed by atoms with Gasteiger partial charge in [0.05, 0.1) is 12.5 Å². The second kappa shape index (κ2) is 6.30. The molecule has 0 N–H and O–H groups in total. The Morgan fingerprint density at radius 1 is 1.22 bits per heavy atom. The molecule has 0 aromatic carbocycles. The van der Waals surface area contributed by atoms with Gasteiger partial charge in [-0.2, -0.15) is 0 Å². The van der Waals surface area contributed by atoms with E-state index in [2.05, 4.69) is 13.8 Å². The zero-order valence-corrected chi connectivity index (χ0v) is 17.0. The predicted molar refractivity (Wildman–Crippen MR) is 102 cm³/mol. The van der Waals surface area contributed by atoms with Gasteiger partial charge in [-0.05, 0) is 55.4 Å². The van der Waals surface area contributed by atoms with E-state index in [0.29, 0.717) is 24.7 Å². The first-order valence-electron chi connectivity index (χ1n) is 9.91. The summed E-state index contributed by atoms with van der Waals surface area (Å²) < 4.78 is 4.82. The van der Waals surface area contributed by atoms with Gasteiger partial charge in [-0.3, -0.25) is 9.59 Å². The van der Waals surface area contributed by atoms with Crippen LogP contribution in [0.3, 0.4) is 0 Å². The fourth-order valence-electron chi connectivity index (χ4n) is 6.70.